The van der Waals surface area contributed by atoms with E-state index in [9.17, 15) is 9.59 Å². The maximum Gasteiger partial charge on any atom is 0.341 e. The van der Waals surface area contributed by atoms with Crippen molar-refractivity contribution < 1.29 is 19.4 Å². The zero-order chi connectivity index (χ0) is 22.0. The molecule has 4 rings (SSSR count). The predicted molar refractivity (Wildman–Crippen MR) is 121 cm³/mol. The standard InChI is InChI=1S/C22H23BrN4O4/c1-31-18-7-6-13(10-16(18)23)20-15-12-27(19(29)11-24-8-9-28)17-5-3-2-4-14(17)21(15)26-22(30)25-20/h2-7,10,15,20,24,28H,8-9,11-12H2,1H3,(H,25,30). The van der Waals surface area contributed by atoms with Crippen LogP contribution in [0.1, 0.15) is 17.2 Å². The number of carbonyl (C=O) groups excluding carboxylic acids is 2. The molecular weight excluding hydrogens is 464 g/mol. The second-order valence-electron chi connectivity index (χ2n) is 7.35. The number of carbonyl (C=O) groups is 2. The smallest absolute Gasteiger partial charge is 0.341 e. The van der Waals surface area contributed by atoms with Crippen LogP contribution in [0, 0.1) is 5.92 Å². The summed E-state index contributed by atoms with van der Waals surface area (Å²) in [4.78, 5) is 31.5. The summed E-state index contributed by atoms with van der Waals surface area (Å²) in [6, 6.07) is 12.4. The molecule has 2 unspecified atom stereocenters. The molecule has 0 saturated carbocycles. The van der Waals surface area contributed by atoms with Gasteiger partial charge < -0.3 is 25.4 Å². The highest BCUT2D eigenvalue weighted by atomic mass is 79.9. The fourth-order valence-electron chi connectivity index (χ4n) is 4.09. The maximum absolute atomic E-state index is 13.0. The number of hydrogen-bond acceptors (Lipinski definition) is 5. The number of hydrogen-bond donors (Lipinski definition) is 3. The Balaban J connectivity index is 1.73. The molecule has 3 N–H and O–H groups in total. The van der Waals surface area contributed by atoms with Crippen molar-refractivity contribution in [2.75, 3.05) is 38.3 Å². The molecule has 0 spiro atoms. The third kappa shape index (κ3) is 4.21. The number of para-hydroxylation sites is 1. The number of aliphatic imine (C=N–C) groups is 1. The van der Waals surface area contributed by atoms with Crippen molar-refractivity contribution in [2.45, 2.75) is 6.04 Å². The molecule has 3 amide bonds. The summed E-state index contributed by atoms with van der Waals surface area (Å²) in [5.74, 6) is 0.377. The van der Waals surface area contributed by atoms with Gasteiger partial charge in [0.1, 0.15) is 5.75 Å². The summed E-state index contributed by atoms with van der Waals surface area (Å²) < 4.78 is 6.10. The quantitative estimate of drug-likeness (QED) is 0.543. The topological polar surface area (TPSA) is 103 Å². The minimum atomic E-state index is -0.401. The molecule has 2 aliphatic heterocycles. The molecule has 2 aromatic rings. The molecule has 8 nitrogen and oxygen atoms in total. The molecule has 162 valence electrons. The minimum absolute atomic E-state index is 0.0379. The van der Waals surface area contributed by atoms with Gasteiger partial charge in [0.05, 0.1) is 42.2 Å². The van der Waals surface area contributed by atoms with Crippen molar-refractivity contribution in [3.63, 3.8) is 0 Å². The van der Waals surface area contributed by atoms with Crippen molar-refractivity contribution in [3.8, 4) is 5.75 Å². The van der Waals surface area contributed by atoms with Crippen molar-refractivity contribution in [1.82, 2.24) is 10.6 Å². The van der Waals surface area contributed by atoms with E-state index in [0.717, 1.165) is 21.3 Å². The Morgan fingerprint density at radius 1 is 1.35 bits per heavy atom. The Kier molecular flexibility index (Phi) is 6.35. The van der Waals surface area contributed by atoms with Crippen LogP contribution in [-0.2, 0) is 4.79 Å². The molecule has 0 aromatic heterocycles. The molecule has 0 fully saturated rings. The van der Waals surface area contributed by atoms with Crippen molar-refractivity contribution >= 4 is 39.3 Å². The minimum Gasteiger partial charge on any atom is -0.496 e. The van der Waals surface area contributed by atoms with Gasteiger partial charge in [0.15, 0.2) is 0 Å². The number of nitrogens with zero attached hydrogens (tertiary/aromatic N) is 2. The van der Waals surface area contributed by atoms with Crippen LogP contribution in [0.15, 0.2) is 51.9 Å². The van der Waals surface area contributed by atoms with Crippen LogP contribution in [0.4, 0.5) is 10.5 Å². The summed E-state index contributed by atoms with van der Waals surface area (Å²) in [7, 11) is 1.60. The van der Waals surface area contributed by atoms with Gasteiger partial charge in [0.25, 0.3) is 0 Å². The predicted octanol–water partition coefficient (Wildman–Crippen LogP) is 2.26. The third-order valence-electron chi connectivity index (χ3n) is 5.51. The number of halogens is 1. The monoisotopic (exact) mass is 486 g/mol. The molecule has 0 saturated heterocycles. The van der Waals surface area contributed by atoms with E-state index in [0.29, 0.717) is 24.6 Å². The first-order chi connectivity index (χ1) is 15.0. The number of benzene rings is 2. The lowest BCUT2D eigenvalue weighted by Gasteiger charge is -2.41. The first kappa shape index (κ1) is 21.5. The Labute approximate surface area is 188 Å². The van der Waals surface area contributed by atoms with Gasteiger partial charge in [0.2, 0.25) is 5.91 Å². The average Bonchev–Trinajstić information content (AvgIpc) is 2.78. The Morgan fingerprint density at radius 2 is 2.16 bits per heavy atom. The van der Waals surface area contributed by atoms with Gasteiger partial charge in [0, 0.05) is 24.6 Å². The van der Waals surface area contributed by atoms with Crippen LogP contribution < -0.4 is 20.3 Å². The maximum atomic E-state index is 13.0. The summed E-state index contributed by atoms with van der Waals surface area (Å²) in [6.45, 7) is 0.795. The molecule has 2 aliphatic rings. The molecular formula is C22H23BrN4O4. The first-order valence-electron chi connectivity index (χ1n) is 9.97. The van der Waals surface area contributed by atoms with E-state index in [1.807, 2.05) is 42.5 Å². The highest BCUT2D eigenvalue weighted by Crippen LogP contribution is 2.39. The van der Waals surface area contributed by atoms with Gasteiger partial charge in [-0.3, -0.25) is 4.79 Å². The van der Waals surface area contributed by atoms with Crippen LogP contribution >= 0.6 is 15.9 Å². The number of nitrogens with one attached hydrogen (secondary N) is 2. The highest BCUT2D eigenvalue weighted by molar-refractivity contribution is 9.10. The van der Waals surface area contributed by atoms with E-state index in [1.165, 1.54) is 0 Å². The highest BCUT2D eigenvalue weighted by Gasteiger charge is 2.41. The van der Waals surface area contributed by atoms with Crippen LogP contribution in [0.2, 0.25) is 0 Å². The van der Waals surface area contributed by atoms with E-state index in [-0.39, 0.29) is 31.0 Å². The van der Waals surface area contributed by atoms with Crippen molar-refractivity contribution in [1.29, 1.82) is 0 Å². The molecule has 2 atom stereocenters. The summed E-state index contributed by atoms with van der Waals surface area (Å²) in [6.07, 6.45) is 0. The Morgan fingerprint density at radius 3 is 2.90 bits per heavy atom. The summed E-state index contributed by atoms with van der Waals surface area (Å²) in [5.41, 5.74) is 3.09. The SMILES string of the molecule is COc1ccc(C2NC(=O)N=C3c4ccccc4N(C(=O)CNCCO)CC32)cc1Br. The van der Waals surface area contributed by atoms with Crippen molar-refractivity contribution in [3.05, 3.63) is 58.1 Å². The second-order valence-corrected chi connectivity index (χ2v) is 8.20. The first-order valence-corrected chi connectivity index (χ1v) is 10.8. The van der Waals surface area contributed by atoms with E-state index >= 15 is 0 Å². The number of amides is 3. The van der Waals surface area contributed by atoms with Gasteiger partial charge >= 0.3 is 6.03 Å². The van der Waals surface area contributed by atoms with E-state index < -0.39 is 6.03 Å². The van der Waals surface area contributed by atoms with Crippen molar-refractivity contribution in [2.24, 2.45) is 10.9 Å². The molecule has 9 heteroatoms. The normalized spacial score (nSPS) is 19.8. The number of aliphatic hydroxyl groups excluding tert-OH is 1. The number of aliphatic hydroxyl groups is 1. The zero-order valence-electron chi connectivity index (χ0n) is 17.0. The van der Waals surface area contributed by atoms with Gasteiger partial charge in [-0.05, 0) is 39.7 Å². The van der Waals surface area contributed by atoms with Gasteiger partial charge in [-0.2, -0.15) is 4.99 Å². The lowest BCUT2D eigenvalue weighted by molar-refractivity contribution is -0.117. The third-order valence-corrected chi connectivity index (χ3v) is 6.13. The Bertz CT molecular complexity index is 1040. The summed E-state index contributed by atoms with van der Waals surface area (Å²) in [5, 5.41) is 14.9. The van der Waals surface area contributed by atoms with Crippen LogP contribution in [0.25, 0.3) is 0 Å². The van der Waals surface area contributed by atoms with Gasteiger partial charge in [-0.15, -0.1) is 0 Å². The molecule has 2 heterocycles. The number of urea groups is 1. The lowest BCUT2D eigenvalue weighted by atomic mass is 9.81. The molecule has 0 aliphatic carbocycles. The van der Waals surface area contributed by atoms with Crippen LogP contribution in [0.3, 0.4) is 0 Å². The van der Waals surface area contributed by atoms with E-state index in [2.05, 4.69) is 31.6 Å². The largest absolute Gasteiger partial charge is 0.496 e. The number of methoxy groups -OCH3 is 1. The fraction of sp³-hybridized carbons (Fsp3) is 0.318. The van der Waals surface area contributed by atoms with Gasteiger partial charge in [-0.1, -0.05) is 24.3 Å². The number of anilines is 1. The lowest BCUT2D eigenvalue weighted by Crippen LogP contribution is -2.52. The number of ether oxygens (including phenoxy) is 1. The zero-order valence-corrected chi connectivity index (χ0v) is 18.6. The molecule has 2 aromatic carbocycles. The van der Waals surface area contributed by atoms with Crippen LogP contribution in [0.5, 0.6) is 5.75 Å². The average molecular weight is 487 g/mol. The van der Waals surface area contributed by atoms with Gasteiger partial charge in [-0.25, -0.2) is 4.79 Å². The van der Waals surface area contributed by atoms with E-state index in [1.54, 1.807) is 12.0 Å². The number of fused-ring (bicyclic) bond motifs is 3. The molecule has 0 radical (unpaired) electrons. The van der Waals surface area contributed by atoms with Crippen LogP contribution in [-0.4, -0.2) is 56.1 Å². The summed E-state index contributed by atoms with van der Waals surface area (Å²) >= 11 is 3.51. The second kappa shape index (κ2) is 9.17. The molecule has 31 heavy (non-hydrogen) atoms. The van der Waals surface area contributed by atoms with E-state index in [4.69, 9.17) is 9.84 Å². The molecule has 0 bridgehead atoms. The Hall–Kier alpha value is -2.75. The fourth-order valence-corrected chi connectivity index (χ4v) is 4.64. The number of rotatable bonds is 6.